The Labute approximate surface area is 122 Å². The molecular formula is C12H11FINO2S. The van der Waals surface area contributed by atoms with Gasteiger partial charge >= 0.3 is 0 Å². The highest BCUT2D eigenvalue weighted by atomic mass is 127. The molecular weight excluding hydrogens is 368 g/mol. The molecule has 0 bridgehead atoms. The quantitative estimate of drug-likeness (QED) is 0.742. The van der Waals surface area contributed by atoms with E-state index in [-0.39, 0.29) is 22.7 Å². The molecule has 1 atom stereocenters. The van der Waals surface area contributed by atoms with Crippen LogP contribution in [0.1, 0.15) is 13.3 Å². The number of rotatable bonds is 2. The third-order valence-corrected chi connectivity index (χ3v) is 4.27. The van der Waals surface area contributed by atoms with Crippen LogP contribution < -0.4 is 4.90 Å². The summed E-state index contributed by atoms with van der Waals surface area (Å²) in [5.74, 6) is -0.530. The Kier molecular flexibility index (Phi) is 4.26. The molecule has 3 nitrogen and oxygen atoms in total. The van der Waals surface area contributed by atoms with Crippen LogP contribution in [0.25, 0.3) is 0 Å². The lowest BCUT2D eigenvalue weighted by atomic mass is 10.3. The van der Waals surface area contributed by atoms with Crippen LogP contribution in [0.15, 0.2) is 18.2 Å². The predicted molar refractivity (Wildman–Crippen MR) is 78.1 cm³/mol. The molecule has 1 heterocycles. The summed E-state index contributed by atoms with van der Waals surface area (Å²) < 4.78 is 14.6. The summed E-state index contributed by atoms with van der Waals surface area (Å²) in [6.07, 6.45) is 0.287. The van der Waals surface area contributed by atoms with Gasteiger partial charge in [-0.15, -0.1) is 0 Å². The van der Waals surface area contributed by atoms with E-state index in [2.05, 4.69) is 0 Å². The molecule has 1 amide bonds. The molecule has 1 unspecified atom stereocenters. The smallest absolute Gasteiger partial charge is 0.228 e. The van der Waals surface area contributed by atoms with E-state index in [4.69, 9.17) is 0 Å². The zero-order chi connectivity index (χ0) is 13.3. The molecule has 0 radical (unpaired) electrons. The Hall–Kier alpha value is -0.630. The maximum atomic E-state index is 13.8. The zero-order valence-electron chi connectivity index (χ0n) is 9.65. The Morgan fingerprint density at radius 1 is 1.56 bits per heavy atom. The molecule has 0 N–H and O–H groups in total. The van der Waals surface area contributed by atoms with Gasteiger partial charge in [0, 0.05) is 28.7 Å². The van der Waals surface area contributed by atoms with Gasteiger partial charge in [-0.2, -0.15) is 0 Å². The number of anilines is 1. The maximum Gasteiger partial charge on any atom is 0.228 e. The van der Waals surface area contributed by atoms with Crippen molar-refractivity contribution in [2.24, 2.45) is 0 Å². The third-order valence-electron chi connectivity index (χ3n) is 2.62. The molecule has 1 aliphatic heterocycles. The number of halogens is 2. The minimum absolute atomic E-state index is 0.0160. The van der Waals surface area contributed by atoms with E-state index in [1.165, 1.54) is 17.9 Å². The second kappa shape index (κ2) is 5.56. The lowest BCUT2D eigenvalue weighted by Gasteiger charge is -2.17. The van der Waals surface area contributed by atoms with Crippen LogP contribution >= 0.6 is 34.4 Å². The summed E-state index contributed by atoms with van der Waals surface area (Å²) in [4.78, 5) is 24.3. The number of hydrogen-bond acceptors (Lipinski definition) is 3. The van der Waals surface area contributed by atoms with Gasteiger partial charge in [0.1, 0.15) is 5.82 Å². The van der Waals surface area contributed by atoms with Crippen LogP contribution in [-0.4, -0.2) is 22.8 Å². The van der Waals surface area contributed by atoms with E-state index in [0.29, 0.717) is 12.2 Å². The highest BCUT2D eigenvalue weighted by Gasteiger charge is 2.33. The van der Waals surface area contributed by atoms with Crippen molar-refractivity contribution in [3.8, 4) is 0 Å². The van der Waals surface area contributed by atoms with E-state index in [1.54, 1.807) is 12.1 Å². The van der Waals surface area contributed by atoms with E-state index in [9.17, 15) is 14.0 Å². The molecule has 1 fully saturated rings. The molecule has 0 saturated carbocycles. The first-order valence-electron chi connectivity index (χ1n) is 5.40. The Morgan fingerprint density at radius 3 is 2.89 bits per heavy atom. The summed E-state index contributed by atoms with van der Waals surface area (Å²) in [5.41, 5.74) is 0.298. The molecule has 0 aromatic heterocycles. The fourth-order valence-electron chi connectivity index (χ4n) is 1.92. The molecule has 0 spiro atoms. The van der Waals surface area contributed by atoms with Gasteiger partial charge < -0.3 is 4.90 Å². The molecule has 1 aromatic carbocycles. The molecule has 6 heteroatoms. The first kappa shape index (κ1) is 13.8. The Morgan fingerprint density at radius 2 is 2.28 bits per heavy atom. The van der Waals surface area contributed by atoms with Gasteiger partial charge in [0.05, 0.1) is 5.69 Å². The van der Waals surface area contributed by atoms with Crippen molar-refractivity contribution in [1.29, 1.82) is 0 Å². The first-order chi connectivity index (χ1) is 8.47. The number of thioether (sulfide) groups is 1. The summed E-state index contributed by atoms with van der Waals surface area (Å²) in [7, 11) is 0. The average molecular weight is 379 g/mol. The fourth-order valence-corrected chi connectivity index (χ4v) is 3.29. The predicted octanol–water partition coefficient (Wildman–Crippen LogP) is 2.82. The monoisotopic (exact) mass is 379 g/mol. The standard InChI is InChI=1S/C12H11FINO2S/c1-7(16)18-9-5-12(17)15(6-9)11-3-2-8(14)4-10(11)13/h2-4,9H,5-6H2,1H3. The molecule has 1 aromatic rings. The van der Waals surface area contributed by atoms with Crippen LogP contribution in [0.4, 0.5) is 10.1 Å². The summed E-state index contributed by atoms with van der Waals surface area (Å²) in [6, 6.07) is 4.77. The minimum Gasteiger partial charge on any atom is -0.308 e. The van der Waals surface area contributed by atoms with Crippen LogP contribution in [0.3, 0.4) is 0 Å². The van der Waals surface area contributed by atoms with E-state index < -0.39 is 5.82 Å². The Bertz CT molecular complexity index is 509. The lowest BCUT2D eigenvalue weighted by Crippen LogP contribution is -2.26. The van der Waals surface area contributed by atoms with E-state index in [0.717, 1.165) is 15.3 Å². The largest absolute Gasteiger partial charge is 0.308 e. The molecule has 96 valence electrons. The van der Waals surface area contributed by atoms with E-state index in [1.807, 2.05) is 22.6 Å². The van der Waals surface area contributed by atoms with Crippen molar-refractivity contribution in [3.05, 3.63) is 27.6 Å². The van der Waals surface area contributed by atoms with Crippen LogP contribution in [0, 0.1) is 9.39 Å². The van der Waals surface area contributed by atoms with Gasteiger partial charge in [-0.3, -0.25) is 9.59 Å². The zero-order valence-corrected chi connectivity index (χ0v) is 12.6. The van der Waals surface area contributed by atoms with Gasteiger partial charge in [0.15, 0.2) is 5.12 Å². The lowest BCUT2D eigenvalue weighted by molar-refractivity contribution is -0.117. The topological polar surface area (TPSA) is 37.4 Å². The first-order valence-corrected chi connectivity index (χ1v) is 7.36. The molecule has 18 heavy (non-hydrogen) atoms. The summed E-state index contributed by atoms with van der Waals surface area (Å²) in [5, 5.41) is -0.0913. The average Bonchev–Trinajstić information content (AvgIpc) is 2.58. The second-order valence-corrected chi connectivity index (χ2v) is 6.76. The van der Waals surface area contributed by atoms with Gasteiger partial charge in [0.2, 0.25) is 5.91 Å². The maximum absolute atomic E-state index is 13.8. The van der Waals surface area contributed by atoms with Crippen LogP contribution in [0.5, 0.6) is 0 Å². The fraction of sp³-hybridized carbons (Fsp3) is 0.333. The van der Waals surface area contributed by atoms with Crippen molar-refractivity contribution in [2.45, 2.75) is 18.6 Å². The van der Waals surface area contributed by atoms with Crippen molar-refractivity contribution in [2.75, 3.05) is 11.4 Å². The summed E-state index contributed by atoms with van der Waals surface area (Å²) in [6.45, 7) is 1.86. The van der Waals surface area contributed by atoms with E-state index >= 15 is 0 Å². The van der Waals surface area contributed by atoms with Crippen molar-refractivity contribution in [3.63, 3.8) is 0 Å². The molecule has 1 aliphatic rings. The number of amides is 1. The van der Waals surface area contributed by atoms with Gasteiger partial charge in [-0.1, -0.05) is 11.8 Å². The third kappa shape index (κ3) is 3.03. The van der Waals surface area contributed by atoms with Gasteiger partial charge in [-0.25, -0.2) is 4.39 Å². The number of carbonyl (C=O) groups is 2. The summed E-state index contributed by atoms with van der Waals surface area (Å²) >= 11 is 3.17. The number of benzene rings is 1. The van der Waals surface area contributed by atoms with Gasteiger partial charge in [-0.05, 0) is 40.8 Å². The normalized spacial score (nSPS) is 19.4. The highest BCUT2D eigenvalue weighted by Crippen LogP contribution is 2.30. The van der Waals surface area contributed by atoms with Crippen LogP contribution in [-0.2, 0) is 9.59 Å². The molecule has 0 aliphatic carbocycles. The van der Waals surface area contributed by atoms with Crippen LogP contribution in [0.2, 0.25) is 0 Å². The van der Waals surface area contributed by atoms with Crippen molar-refractivity contribution in [1.82, 2.24) is 0 Å². The Balaban J connectivity index is 2.19. The minimum atomic E-state index is -0.399. The SMILES string of the molecule is CC(=O)SC1CC(=O)N(c2ccc(I)cc2F)C1. The van der Waals surface area contributed by atoms with Crippen molar-refractivity contribution < 1.29 is 14.0 Å². The second-order valence-electron chi connectivity index (χ2n) is 4.04. The number of nitrogens with zero attached hydrogens (tertiary/aromatic N) is 1. The van der Waals surface area contributed by atoms with Crippen molar-refractivity contribution >= 4 is 51.1 Å². The highest BCUT2D eigenvalue weighted by molar-refractivity contribution is 14.1. The number of hydrogen-bond donors (Lipinski definition) is 0. The molecule has 1 saturated heterocycles. The molecule has 2 rings (SSSR count). The van der Waals surface area contributed by atoms with Gasteiger partial charge in [0.25, 0.3) is 0 Å². The number of carbonyl (C=O) groups excluding carboxylic acids is 2.